The van der Waals surface area contributed by atoms with Gasteiger partial charge in [-0.25, -0.2) is 12.8 Å². The van der Waals surface area contributed by atoms with Gasteiger partial charge in [0.2, 0.25) is 10.0 Å². The number of ether oxygens (including phenoxy) is 1. The van der Waals surface area contributed by atoms with Crippen LogP contribution in [0.5, 0.6) is 5.75 Å². The summed E-state index contributed by atoms with van der Waals surface area (Å²) in [4.78, 5) is 10.3. The van der Waals surface area contributed by atoms with E-state index in [-0.39, 0.29) is 18.0 Å². The van der Waals surface area contributed by atoms with Gasteiger partial charge in [-0.2, -0.15) is 0 Å². The highest BCUT2D eigenvalue weighted by Crippen LogP contribution is 2.21. The van der Waals surface area contributed by atoms with Crippen LogP contribution in [0.1, 0.15) is 6.92 Å². The Balaban J connectivity index is 2.86. The second kappa shape index (κ2) is 5.67. The van der Waals surface area contributed by atoms with Crippen LogP contribution >= 0.6 is 0 Å². The topological polar surface area (TPSA) is 92.7 Å². The summed E-state index contributed by atoms with van der Waals surface area (Å²) in [5.41, 5.74) is -0.0581. The molecule has 2 N–H and O–H groups in total. The minimum absolute atomic E-state index is 0.00122. The molecule has 0 saturated carbocycles. The van der Waals surface area contributed by atoms with E-state index in [1.54, 1.807) is 6.92 Å². The molecule has 0 saturated heterocycles. The fourth-order valence-electron chi connectivity index (χ4n) is 1.22. The highest BCUT2D eigenvalue weighted by Gasteiger charge is 2.16. The Kier molecular flexibility index (Phi) is 4.49. The molecule has 1 rings (SSSR count). The molecule has 1 aromatic carbocycles. The quantitative estimate of drug-likeness (QED) is 0.810. The largest absolute Gasteiger partial charge is 0.491 e. The second-order valence-corrected chi connectivity index (χ2v) is 5.06. The molecule has 0 aliphatic rings. The molecule has 0 spiro atoms. The summed E-state index contributed by atoms with van der Waals surface area (Å²) >= 11 is 0. The van der Waals surface area contributed by atoms with E-state index in [1.807, 2.05) is 4.72 Å². The van der Waals surface area contributed by atoms with Gasteiger partial charge in [-0.1, -0.05) is 0 Å². The SMILES string of the molecule is CCOc1ccc(NS(=O)(=O)CC(=O)O)cc1F. The summed E-state index contributed by atoms with van der Waals surface area (Å²) < 4.78 is 42.9. The average molecular weight is 277 g/mol. The monoisotopic (exact) mass is 277 g/mol. The van der Waals surface area contributed by atoms with Crippen LogP contribution in [0.15, 0.2) is 18.2 Å². The van der Waals surface area contributed by atoms with Crippen molar-refractivity contribution in [2.24, 2.45) is 0 Å². The molecule has 1 aromatic rings. The number of aliphatic carboxylic acids is 1. The van der Waals surface area contributed by atoms with Crippen LogP contribution in [0, 0.1) is 5.82 Å². The Morgan fingerprint density at radius 1 is 1.50 bits per heavy atom. The Bertz CT molecular complexity index is 543. The molecule has 0 aliphatic carbocycles. The van der Waals surface area contributed by atoms with Crippen molar-refractivity contribution in [3.8, 4) is 5.75 Å². The molecular formula is C10H12FNO5S. The van der Waals surface area contributed by atoms with Crippen molar-refractivity contribution in [3.63, 3.8) is 0 Å². The van der Waals surface area contributed by atoms with Crippen molar-refractivity contribution >= 4 is 21.7 Å². The van der Waals surface area contributed by atoms with E-state index < -0.39 is 27.6 Å². The van der Waals surface area contributed by atoms with Crippen molar-refractivity contribution in [3.05, 3.63) is 24.0 Å². The van der Waals surface area contributed by atoms with Gasteiger partial charge in [0, 0.05) is 6.07 Å². The fourth-order valence-corrected chi connectivity index (χ4v) is 2.10. The molecular weight excluding hydrogens is 265 g/mol. The number of nitrogens with one attached hydrogen (secondary N) is 1. The van der Waals surface area contributed by atoms with Crippen LogP contribution in [0.2, 0.25) is 0 Å². The first-order valence-electron chi connectivity index (χ1n) is 4.98. The number of hydrogen-bond acceptors (Lipinski definition) is 4. The van der Waals surface area contributed by atoms with Crippen LogP contribution in [-0.2, 0) is 14.8 Å². The molecule has 0 aliphatic heterocycles. The number of sulfonamides is 1. The minimum atomic E-state index is -4.03. The maximum Gasteiger partial charge on any atom is 0.320 e. The number of hydrogen-bond donors (Lipinski definition) is 2. The molecule has 8 heteroatoms. The third kappa shape index (κ3) is 4.21. The van der Waals surface area contributed by atoms with Gasteiger partial charge in [-0.3, -0.25) is 9.52 Å². The van der Waals surface area contributed by atoms with Gasteiger partial charge in [-0.15, -0.1) is 0 Å². The van der Waals surface area contributed by atoms with Crippen LogP contribution in [0.4, 0.5) is 10.1 Å². The second-order valence-electron chi connectivity index (χ2n) is 3.33. The standard InChI is InChI=1S/C10H12FNO5S/c1-2-17-9-4-3-7(5-8(9)11)12-18(15,16)6-10(13)14/h3-5,12H,2,6H2,1H3,(H,13,14). The lowest BCUT2D eigenvalue weighted by Crippen LogP contribution is -2.22. The van der Waals surface area contributed by atoms with Crippen LogP contribution in [0.3, 0.4) is 0 Å². The lowest BCUT2D eigenvalue weighted by Gasteiger charge is -2.08. The van der Waals surface area contributed by atoms with E-state index in [4.69, 9.17) is 9.84 Å². The normalized spacial score (nSPS) is 11.0. The first-order valence-corrected chi connectivity index (χ1v) is 6.64. The van der Waals surface area contributed by atoms with Crippen LogP contribution < -0.4 is 9.46 Å². The lowest BCUT2D eigenvalue weighted by molar-refractivity contribution is -0.134. The number of rotatable bonds is 6. The summed E-state index contributed by atoms with van der Waals surface area (Å²) in [6.45, 7) is 1.96. The Morgan fingerprint density at radius 3 is 2.67 bits per heavy atom. The third-order valence-corrected chi connectivity index (χ3v) is 2.99. The molecule has 0 amide bonds. The zero-order valence-corrected chi connectivity index (χ0v) is 10.3. The maximum atomic E-state index is 13.4. The molecule has 100 valence electrons. The van der Waals surface area contributed by atoms with Gasteiger partial charge in [0.05, 0.1) is 12.3 Å². The van der Waals surface area contributed by atoms with Crippen molar-refractivity contribution in [2.45, 2.75) is 6.92 Å². The van der Waals surface area contributed by atoms with E-state index >= 15 is 0 Å². The van der Waals surface area contributed by atoms with Gasteiger partial charge in [0.15, 0.2) is 17.3 Å². The Hall–Kier alpha value is -1.83. The Labute approximate surface area is 103 Å². The summed E-state index contributed by atoms with van der Waals surface area (Å²) in [5, 5.41) is 8.38. The van der Waals surface area contributed by atoms with Gasteiger partial charge in [-0.05, 0) is 19.1 Å². The van der Waals surface area contributed by atoms with E-state index in [0.29, 0.717) is 0 Å². The van der Waals surface area contributed by atoms with Gasteiger partial charge in [0.25, 0.3) is 0 Å². The molecule has 0 aromatic heterocycles. The number of carboxylic acid groups (broad SMARTS) is 1. The van der Waals surface area contributed by atoms with Gasteiger partial charge < -0.3 is 9.84 Å². The molecule has 0 atom stereocenters. The van der Waals surface area contributed by atoms with Crippen molar-refractivity contribution < 1.29 is 27.4 Å². The molecule has 0 bridgehead atoms. The minimum Gasteiger partial charge on any atom is -0.491 e. The maximum absolute atomic E-state index is 13.4. The molecule has 18 heavy (non-hydrogen) atoms. The lowest BCUT2D eigenvalue weighted by atomic mass is 10.3. The van der Waals surface area contributed by atoms with E-state index in [2.05, 4.69) is 0 Å². The van der Waals surface area contributed by atoms with Crippen LogP contribution in [-0.4, -0.2) is 31.9 Å². The summed E-state index contributed by atoms with van der Waals surface area (Å²) in [5.74, 6) is -3.30. The highest BCUT2D eigenvalue weighted by atomic mass is 32.2. The van der Waals surface area contributed by atoms with Crippen molar-refractivity contribution in [2.75, 3.05) is 17.1 Å². The fraction of sp³-hybridized carbons (Fsp3) is 0.300. The molecule has 0 fully saturated rings. The van der Waals surface area contributed by atoms with E-state index in [0.717, 1.165) is 6.07 Å². The molecule has 0 radical (unpaired) electrons. The average Bonchev–Trinajstić information content (AvgIpc) is 2.19. The van der Waals surface area contributed by atoms with Crippen LogP contribution in [0.25, 0.3) is 0 Å². The summed E-state index contributed by atoms with van der Waals surface area (Å²) in [6, 6.07) is 3.47. The van der Waals surface area contributed by atoms with Crippen molar-refractivity contribution in [1.29, 1.82) is 0 Å². The first kappa shape index (κ1) is 14.2. The Morgan fingerprint density at radius 2 is 2.17 bits per heavy atom. The zero-order valence-electron chi connectivity index (χ0n) is 9.51. The zero-order chi connectivity index (χ0) is 13.8. The summed E-state index contributed by atoms with van der Waals surface area (Å²) in [7, 11) is -4.03. The van der Waals surface area contributed by atoms with Gasteiger partial charge in [0.1, 0.15) is 0 Å². The predicted octanol–water partition coefficient (Wildman–Crippen LogP) is 1.05. The number of anilines is 1. The molecule has 0 heterocycles. The van der Waals surface area contributed by atoms with Crippen molar-refractivity contribution in [1.82, 2.24) is 0 Å². The number of carboxylic acids is 1. The van der Waals surface area contributed by atoms with E-state index in [9.17, 15) is 17.6 Å². The number of benzene rings is 1. The molecule has 6 nitrogen and oxygen atoms in total. The smallest absolute Gasteiger partial charge is 0.320 e. The van der Waals surface area contributed by atoms with E-state index in [1.165, 1.54) is 12.1 Å². The highest BCUT2D eigenvalue weighted by molar-refractivity contribution is 7.93. The first-order chi connectivity index (χ1) is 8.34. The predicted molar refractivity (Wildman–Crippen MR) is 62.6 cm³/mol. The third-order valence-electron chi connectivity index (χ3n) is 1.82. The molecule has 0 unspecified atom stereocenters. The number of halogens is 1. The number of carbonyl (C=O) groups is 1. The van der Waals surface area contributed by atoms with Gasteiger partial charge >= 0.3 is 5.97 Å². The summed E-state index contributed by atoms with van der Waals surface area (Å²) in [6.07, 6.45) is 0.